The molecular formula is C73H122O6. The third kappa shape index (κ3) is 64.5. The van der Waals surface area contributed by atoms with Crippen LogP contribution in [0.5, 0.6) is 0 Å². The van der Waals surface area contributed by atoms with E-state index in [9.17, 15) is 14.4 Å². The van der Waals surface area contributed by atoms with E-state index in [2.05, 4.69) is 142 Å². The SMILES string of the molecule is CC/C=C\C/C=C\C/C=C\C/C=C\C/C=C\CCCCCCCCCCCCCCCCCCCC(=O)OCC(COC(=O)CCCCCCC)OC(=O)CCCCCCCCC/C=C\C/C=C\C/C=C\C/C=C\C/C=C\CC. The molecule has 0 heterocycles. The first kappa shape index (κ1) is 74.8. The highest BCUT2D eigenvalue weighted by Gasteiger charge is 2.19. The summed E-state index contributed by atoms with van der Waals surface area (Å²) in [4.78, 5) is 38.0. The maximum Gasteiger partial charge on any atom is 0.306 e. The van der Waals surface area contributed by atoms with Gasteiger partial charge in [-0.1, -0.05) is 296 Å². The highest BCUT2D eigenvalue weighted by molar-refractivity contribution is 5.71. The van der Waals surface area contributed by atoms with Crippen molar-refractivity contribution < 1.29 is 28.6 Å². The number of hydrogen-bond donors (Lipinski definition) is 0. The Morgan fingerprint density at radius 3 is 0.772 bits per heavy atom. The first-order chi connectivity index (χ1) is 39.0. The van der Waals surface area contributed by atoms with Crippen LogP contribution in [0, 0.1) is 0 Å². The van der Waals surface area contributed by atoms with Gasteiger partial charge in [0.2, 0.25) is 0 Å². The highest BCUT2D eigenvalue weighted by atomic mass is 16.6. The Bertz CT molecular complexity index is 1640. The van der Waals surface area contributed by atoms with E-state index in [1.54, 1.807) is 0 Å². The van der Waals surface area contributed by atoms with E-state index in [0.717, 1.165) is 135 Å². The average molecular weight is 1100 g/mol. The molecule has 0 aromatic heterocycles. The topological polar surface area (TPSA) is 78.9 Å². The summed E-state index contributed by atoms with van der Waals surface area (Å²) >= 11 is 0. The molecule has 0 fully saturated rings. The van der Waals surface area contributed by atoms with Gasteiger partial charge >= 0.3 is 17.9 Å². The molecule has 0 saturated heterocycles. The summed E-state index contributed by atoms with van der Waals surface area (Å²) in [6.45, 7) is 6.34. The third-order valence-corrected chi connectivity index (χ3v) is 14.0. The summed E-state index contributed by atoms with van der Waals surface area (Å²) in [6.07, 6.45) is 92.7. The Balaban J connectivity index is 4.01. The molecule has 6 nitrogen and oxygen atoms in total. The lowest BCUT2D eigenvalue weighted by molar-refractivity contribution is -0.167. The van der Waals surface area contributed by atoms with Gasteiger partial charge in [0.1, 0.15) is 13.2 Å². The molecule has 0 aliphatic rings. The summed E-state index contributed by atoms with van der Waals surface area (Å²) in [5, 5.41) is 0. The van der Waals surface area contributed by atoms with Crippen LogP contribution in [0.15, 0.2) is 122 Å². The van der Waals surface area contributed by atoms with Crippen LogP contribution in [0.4, 0.5) is 0 Å². The summed E-state index contributed by atoms with van der Waals surface area (Å²) in [6, 6.07) is 0. The van der Waals surface area contributed by atoms with Crippen LogP contribution < -0.4 is 0 Å². The van der Waals surface area contributed by atoms with Crippen LogP contribution in [-0.4, -0.2) is 37.2 Å². The van der Waals surface area contributed by atoms with E-state index >= 15 is 0 Å². The van der Waals surface area contributed by atoms with Gasteiger partial charge in [0.05, 0.1) is 0 Å². The number of unbranched alkanes of at least 4 members (excludes halogenated alkanes) is 28. The van der Waals surface area contributed by atoms with Crippen molar-refractivity contribution in [3.05, 3.63) is 122 Å². The summed E-state index contributed by atoms with van der Waals surface area (Å²) in [5.41, 5.74) is 0. The number of allylic oxidation sites excluding steroid dienone is 20. The summed E-state index contributed by atoms with van der Waals surface area (Å²) < 4.78 is 16.8. The third-order valence-electron chi connectivity index (χ3n) is 14.0. The fourth-order valence-corrected chi connectivity index (χ4v) is 9.09. The van der Waals surface area contributed by atoms with Gasteiger partial charge in [0.25, 0.3) is 0 Å². The first-order valence-corrected chi connectivity index (χ1v) is 33.0. The Morgan fingerprint density at radius 2 is 0.494 bits per heavy atom. The van der Waals surface area contributed by atoms with Crippen molar-refractivity contribution in [3.8, 4) is 0 Å². The van der Waals surface area contributed by atoms with Gasteiger partial charge in [-0.05, 0) is 109 Å². The van der Waals surface area contributed by atoms with Crippen molar-refractivity contribution in [1.82, 2.24) is 0 Å². The van der Waals surface area contributed by atoms with Gasteiger partial charge in [-0.15, -0.1) is 0 Å². The number of hydrogen-bond acceptors (Lipinski definition) is 6. The molecule has 0 aromatic rings. The van der Waals surface area contributed by atoms with E-state index in [0.29, 0.717) is 19.3 Å². The quantitative estimate of drug-likeness (QED) is 0.0261. The molecule has 1 atom stereocenters. The van der Waals surface area contributed by atoms with Crippen molar-refractivity contribution in [3.63, 3.8) is 0 Å². The van der Waals surface area contributed by atoms with Crippen LogP contribution >= 0.6 is 0 Å². The van der Waals surface area contributed by atoms with Crippen molar-refractivity contribution in [2.24, 2.45) is 0 Å². The number of carbonyl (C=O) groups is 3. The minimum Gasteiger partial charge on any atom is -0.462 e. The van der Waals surface area contributed by atoms with Crippen LogP contribution in [0.1, 0.15) is 303 Å². The average Bonchev–Trinajstić information content (AvgIpc) is 3.45. The van der Waals surface area contributed by atoms with Crippen LogP contribution in [0.25, 0.3) is 0 Å². The van der Waals surface area contributed by atoms with Crippen molar-refractivity contribution in [2.75, 3.05) is 13.2 Å². The largest absolute Gasteiger partial charge is 0.462 e. The Labute approximate surface area is 488 Å². The zero-order chi connectivity index (χ0) is 57.1. The summed E-state index contributed by atoms with van der Waals surface area (Å²) in [5.74, 6) is -0.901. The smallest absolute Gasteiger partial charge is 0.306 e. The van der Waals surface area contributed by atoms with Crippen LogP contribution in [-0.2, 0) is 28.6 Å². The molecule has 0 spiro atoms. The second-order valence-corrected chi connectivity index (χ2v) is 21.6. The molecule has 6 heteroatoms. The predicted octanol–water partition coefficient (Wildman–Crippen LogP) is 22.8. The molecule has 0 radical (unpaired) electrons. The van der Waals surface area contributed by atoms with E-state index in [1.165, 1.54) is 128 Å². The van der Waals surface area contributed by atoms with Gasteiger partial charge in [-0.2, -0.15) is 0 Å². The number of carbonyl (C=O) groups excluding carboxylic acids is 3. The molecule has 450 valence electrons. The van der Waals surface area contributed by atoms with Gasteiger partial charge in [0, 0.05) is 19.3 Å². The van der Waals surface area contributed by atoms with Gasteiger partial charge in [0.15, 0.2) is 6.10 Å². The molecule has 0 aliphatic carbocycles. The number of ether oxygens (including phenoxy) is 3. The fraction of sp³-hybridized carbons (Fsp3) is 0.685. The van der Waals surface area contributed by atoms with Crippen molar-refractivity contribution >= 4 is 17.9 Å². The van der Waals surface area contributed by atoms with Gasteiger partial charge in [-0.3, -0.25) is 14.4 Å². The lowest BCUT2D eigenvalue weighted by Gasteiger charge is -2.18. The molecule has 0 amide bonds. The second kappa shape index (κ2) is 66.3. The summed E-state index contributed by atoms with van der Waals surface area (Å²) in [7, 11) is 0. The molecule has 0 N–H and O–H groups in total. The zero-order valence-electron chi connectivity index (χ0n) is 51.6. The molecule has 79 heavy (non-hydrogen) atoms. The van der Waals surface area contributed by atoms with Crippen molar-refractivity contribution in [1.29, 1.82) is 0 Å². The van der Waals surface area contributed by atoms with E-state index in [1.807, 2.05) is 0 Å². The van der Waals surface area contributed by atoms with Crippen LogP contribution in [0.2, 0.25) is 0 Å². The standard InChI is InChI=1S/C73H122O6/c1-4-7-10-13-15-17-19-21-23-25-27-29-31-32-33-34-35-36-37-38-39-40-42-43-45-47-49-51-53-55-57-60-63-66-72(75)78-69-70(68-77-71(74)65-62-59-12-9-6-3)79-73(76)67-64-61-58-56-54-52-50-48-46-44-41-30-28-26-24-22-20-18-16-14-11-8-5-2/h7-8,10-11,15-18,21-24,27-30,32-33,44,46,70H,4-6,9,12-14,19-20,25-26,31,34-43,45,47-69H2,1-3H3/b10-7-,11-8-,17-15-,18-16-,23-21-,24-22-,29-27-,30-28-,33-32-,46-44-. The van der Waals surface area contributed by atoms with Gasteiger partial charge in [-0.25, -0.2) is 0 Å². The molecule has 0 rings (SSSR count). The molecular weight excluding hydrogens is 973 g/mol. The van der Waals surface area contributed by atoms with Gasteiger partial charge < -0.3 is 14.2 Å². The molecule has 0 bridgehead atoms. The Morgan fingerprint density at radius 1 is 0.266 bits per heavy atom. The monoisotopic (exact) mass is 1090 g/mol. The fourth-order valence-electron chi connectivity index (χ4n) is 9.09. The van der Waals surface area contributed by atoms with Crippen LogP contribution in [0.3, 0.4) is 0 Å². The minimum atomic E-state index is -0.782. The molecule has 0 aliphatic heterocycles. The number of esters is 3. The normalized spacial score (nSPS) is 12.9. The lowest BCUT2D eigenvalue weighted by Crippen LogP contribution is -2.30. The Kier molecular flexibility index (Phi) is 62.8. The first-order valence-electron chi connectivity index (χ1n) is 33.0. The van der Waals surface area contributed by atoms with E-state index < -0.39 is 6.10 Å². The minimum absolute atomic E-state index is 0.0819. The zero-order valence-corrected chi connectivity index (χ0v) is 51.6. The lowest BCUT2D eigenvalue weighted by atomic mass is 10.0. The second-order valence-electron chi connectivity index (χ2n) is 21.6. The predicted molar refractivity (Wildman–Crippen MR) is 343 cm³/mol. The number of rotatable bonds is 59. The maximum atomic E-state index is 12.8. The maximum absolute atomic E-state index is 12.8. The van der Waals surface area contributed by atoms with E-state index in [-0.39, 0.29) is 31.1 Å². The van der Waals surface area contributed by atoms with Crippen molar-refractivity contribution in [2.45, 2.75) is 309 Å². The molecule has 0 aromatic carbocycles. The Hall–Kier alpha value is -4.19. The molecule has 1 unspecified atom stereocenters. The van der Waals surface area contributed by atoms with E-state index in [4.69, 9.17) is 14.2 Å². The molecule has 0 saturated carbocycles. The highest BCUT2D eigenvalue weighted by Crippen LogP contribution is 2.16.